The number of nitrogens with zero attached hydrogens (tertiary/aromatic N) is 1. The molecular formula is C21H23ClFNO3. The molecule has 1 unspecified atom stereocenters. The number of hydrogen-bond acceptors (Lipinski definition) is 4. The molecule has 27 heavy (non-hydrogen) atoms. The highest BCUT2D eigenvalue weighted by atomic mass is 35.5. The number of likely N-dealkylation sites (tertiary alicyclic amines) is 1. The lowest BCUT2D eigenvalue weighted by Crippen LogP contribution is -2.43. The lowest BCUT2D eigenvalue weighted by Gasteiger charge is -2.38. The molecule has 1 aliphatic rings. The molecule has 1 fully saturated rings. The number of piperidine rings is 1. The molecule has 4 nitrogen and oxygen atoms in total. The van der Waals surface area contributed by atoms with E-state index in [2.05, 4.69) is 4.90 Å². The summed E-state index contributed by atoms with van der Waals surface area (Å²) in [4.78, 5) is 14.3. The van der Waals surface area contributed by atoms with Crippen LogP contribution in [0.4, 0.5) is 4.39 Å². The van der Waals surface area contributed by atoms with Crippen LogP contribution in [0.5, 0.6) is 0 Å². The Labute approximate surface area is 163 Å². The van der Waals surface area contributed by atoms with Crippen molar-refractivity contribution in [3.05, 3.63) is 70.5 Å². The van der Waals surface area contributed by atoms with Gasteiger partial charge in [-0.05, 0) is 61.2 Å². The van der Waals surface area contributed by atoms with Crippen LogP contribution in [0.2, 0.25) is 5.02 Å². The van der Waals surface area contributed by atoms with Crippen LogP contribution in [0, 0.1) is 5.82 Å². The van der Waals surface area contributed by atoms with Crippen LogP contribution in [0.15, 0.2) is 48.5 Å². The third kappa shape index (κ3) is 4.93. The minimum absolute atomic E-state index is 0.301. The Morgan fingerprint density at radius 3 is 2.30 bits per heavy atom. The maximum absolute atomic E-state index is 12.9. The molecule has 1 heterocycles. The lowest BCUT2D eigenvalue weighted by molar-refractivity contribution is -0.0277. The molecule has 1 aliphatic heterocycles. The van der Waals surface area contributed by atoms with Gasteiger partial charge in [-0.2, -0.15) is 0 Å². The highest BCUT2D eigenvalue weighted by Crippen LogP contribution is 2.33. The average Bonchev–Trinajstić information content (AvgIpc) is 2.68. The number of halogens is 2. The van der Waals surface area contributed by atoms with Gasteiger partial charge in [0.25, 0.3) is 0 Å². The molecule has 2 aromatic rings. The number of benzene rings is 2. The third-order valence-electron chi connectivity index (χ3n) is 5.21. The Morgan fingerprint density at radius 2 is 1.70 bits per heavy atom. The normalized spacial score (nSPS) is 18.2. The van der Waals surface area contributed by atoms with E-state index in [4.69, 9.17) is 11.6 Å². The predicted octanol–water partition coefficient (Wildman–Crippen LogP) is 3.40. The quantitative estimate of drug-likeness (QED) is 0.741. The summed E-state index contributed by atoms with van der Waals surface area (Å²) in [5.74, 6) is -0.813. The van der Waals surface area contributed by atoms with Crippen molar-refractivity contribution in [1.82, 2.24) is 4.90 Å². The van der Waals surface area contributed by atoms with Crippen molar-refractivity contribution in [3.63, 3.8) is 0 Å². The average molecular weight is 392 g/mol. The largest absolute Gasteiger partial charge is 0.385 e. The van der Waals surface area contributed by atoms with E-state index in [0.29, 0.717) is 49.5 Å². The van der Waals surface area contributed by atoms with Crippen molar-refractivity contribution in [2.75, 3.05) is 19.6 Å². The van der Waals surface area contributed by atoms with Crippen molar-refractivity contribution in [2.45, 2.75) is 31.0 Å². The molecule has 144 valence electrons. The summed E-state index contributed by atoms with van der Waals surface area (Å²) in [6.45, 7) is 1.91. The van der Waals surface area contributed by atoms with Gasteiger partial charge in [-0.25, -0.2) is 4.39 Å². The molecule has 2 aromatic carbocycles. The fraction of sp³-hybridized carbons (Fsp3) is 0.381. The van der Waals surface area contributed by atoms with Gasteiger partial charge in [0.2, 0.25) is 0 Å². The Hall–Kier alpha value is -1.79. The van der Waals surface area contributed by atoms with E-state index in [1.54, 1.807) is 12.1 Å². The molecule has 0 saturated carbocycles. The molecule has 1 saturated heterocycles. The maximum atomic E-state index is 12.9. The van der Waals surface area contributed by atoms with Gasteiger partial charge in [0, 0.05) is 30.2 Å². The molecule has 0 spiro atoms. The number of rotatable bonds is 6. The number of aliphatic hydroxyl groups excluding tert-OH is 1. The zero-order chi connectivity index (χ0) is 19.4. The zero-order valence-corrected chi connectivity index (χ0v) is 15.7. The summed E-state index contributed by atoms with van der Waals surface area (Å²) >= 11 is 5.91. The van der Waals surface area contributed by atoms with Gasteiger partial charge >= 0.3 is 0 Å². The van der Waals surface area contributed by atoms with E-state index in [1.165, 1.54) is 24.3 Å². The van der Waals surface area contributed by atoms with Crippen LogP contribution in [0.25, 0.3) is 0 Å². The fourth-order valence-electron chi connectivity index (χ4n) is 3.44. The summed E-state index contributed by atoms with van der Waals surface area (Å²) in [5, 5.41) is 21.7. The van der Waals surface area contributed by atoms with E-state index >= 15 is 0 Å². The molecule has 0 amide bonds. The zero-order valence-electron chi connectivity index (χ0n) is 14.9. The molecule has 1 atom stereocenters. The fourth-order valence-corrected chi connectivity index (χ4v) is 3.56. The van der Waals surface area contributed by atoms with Gasteiger partial charge in [-0.3, -0.25) is 4.79 Å². The summed E-state index contributed by atoms with van der Waals surface area (Å²) in [7, 11) is 0. The van der Waals surface area contributed by atoms with E-state index in [1.807, 2.05) is 12.1 Å². The van der Waals surface area contributed by atoms with Crippen molar-refractivity contribution in [2.24, 2.45) is 0 Å². The van der Waals surface area contributed by atoms with Gasteiger partial charge in [0.05, 0.1) is 5.60 Å². The number of carbonyl (C=O) groups excluding carboxylic acids is 1. The molecule has 6 heteroatoms. The number of Topliss-reactive ketones (excluding diaryl/α,β-unsaturated/α-hetero) is 1. The Kier molecular flexibility index (Phi) is 6.27. The maximum Gasteiger partial charge on any atom is 0.191 e. The predicted molar refractivity (Wildman–Crippen MR) is 102 cm³/mol. The number of ketones is 1. The third-order valence-corrected chi connectivity index (χ3v) is 5.47. The van der Waals surface area contributed by atoms with E-state index in [0.717, 1.165) is 5.56 Å². The van der Waals surface area contributed by atoms with E-state index in [9.17, 15) is 19.4 Å². The van der Waals surface area contributed by atoms with Crippen molar-refractivity contribution >= 4 is 17.4 Å². The molecular weight excluding hydrogens is 369 g/mol. The Balaban J connectivity index is 1.49. The van der Waals surface area contributed by atoms with Gasteiger partial charge in [-0.1, -0.05) is 23.7 Å². The number of aliphatic hydroxyl groups is 2. The van der Waals surface area contributed by atoms with Gasteiger partial charge < -0.3 is 15.1 Å². The van der Waals surface area contributed by atoms with Crippen molar-refractivity contribution < 1.29 is 19.4 Å². The Morgan fingerprint density at radius 1 is 1.11 bits per heavy atom. The monoisotopic (exact) mass is 391 g/mol. The van der Waals surface area contributed by atoms with Crippen LogP contribution in [-0.2, 0) is 5.60 Å². The summed E-state index contributed by atoms with van der Waals surface area (Å²) in [6.07, 6.45) is 0.343. The summed E-state index contributed by atoms with van der Waals surface area (Å²) in [6, 6.07) is 12.4. The molecule has 2 N–H and O–H groups in total. The van der Waals surface area contributed by atoms with Gasteiger partial charge in [-0.15, -0.1) is 0 Å². The first-order valence-electron chi connectivity index (χ1n) is 9.06. The van der Waals surface area contributed by atoms with E-state index < -0.39 is 23.3 Å². The molecule has 0 radical (unpaired) electrons. The molecule has 0 aliphatic carbocycles. The van der Waals surface area contributed by atoms with Gasteiger partial charge in [0.15, 0.2) is 5.78 Å². The first kappa shape index (κ1) is 20.0. The Bertz CT molecular complexity index is 771. The lowest BCUT2D eigenvalue weighted by atomic mass is 9.84. The van der Waals surface area contributed by atoms with Crippen LogP contribution < -0.4 is 0 Å². The summed E-state index contributed by atoms with van der Waals surface area (Å²) < 4.78 is 12.9. The van der Waals surface area contributed by atoms with Crippen molar-refractivity contribution in [1.29, 1.82) is 0 Å². The second-order valence-electron chi connectivity index (χ2n) is 7.06. The van der Waals surface area contributed by atoms with Crippen LogP contribution in [-0.4, -0.2) is 46.6 Å². The number of hydrogen-bond donors (Lipinski definition) is 2. The number of carbonyl (C=O) groups is 1. The van der Waals surface area contributed by atoms with Crippen LogP contribution in [0.3, 0.4) is 0 Å². The van der Waals surface area contributed by atoms with E-state index in [-0.39, 0.29) is 0 Å². The first-order chi connectivity index (χ1) is 12.9. The minimum Gasteiger partial charge on any atom is -0.385 e. The standard InChI is InChI=1S/C21H23ClFNO3/c22-17-5-3-16(4-6-17)21(27)10-13-24(14-11-21)12-9-19(25)20(26)15-1-7-18(23)8-2-15/h1-8,19,25,27H,9-14H2. The second kappa shape index (κ2) is 8.48. The van der Waals surface area contributed by atoms with Crippen molar-refractivity contribution in [3.8, 4) is 0 Å². The molecule has 3 rings (SSSR count). The van der Waals surface area contributed by atoms with Crippen LogP contribution >= 0.6 is 11.6 Å². The second-order valence-corrected chi connectivity index (χ2v) is 7.49. The highest BCUT2D eigenvalue weighted by molar-refractivity contribution is 6.30. The SMILES string of the molecule is O=C(c1ccc(F)cc1)C(O)CCN1CCC(O)(c2ccc(Cl)cc2)CC1. The van der Waals surface area contributed by atoms with Gasteiger partial charge in [0.1, 0.15) is 11.9 Å². The molecule has 0 aromatic heterocycles. The smallest absolute Gasteiger partial charge is 0.191 e. The first-order valence-corrected chi connectivity index (χ1v) is 9.44. The summed E-state index contributed by atoms with van der Waals surface area (Å²) in [5.41, 5.74) is 0.293. The topological polar surface area (TPSA) is 60.8 Å². The van der Waals surface area contributed by atoms with Crippen LogP contribution in [0.1, 0.15) is 35.2 Å². The highest BCUT2D eigenvalue weighted by Gasteiger charge is 2.34. The minimum atomic E-state index is -1.12. The molecule has 0 bridgehead atoms.